The lowest BCUT2D eigenvalue weighted by Crippen LogP contribution is -2.54. The first kappa shape index (κ1) is 30.5. The van der Waals surface area contributed by atoms with E-state index in [1.54, 1.807) is 0 Å². The van der Waals surface area contributed by atoms with Gasteiger partial charge in [-0.2, -0.15) is 4.31 Å². The number of fused-ring (bicyclic) bond motifs is 2. The second kappa shape index (κ2) is 11.1. The lowest BCUT2D eigenvalue weighted by atomic mass is 9.69. The van der Waals surface area contributed by atoms with E-state index in [0.29, 0.717) is 5.92 Å². The number of ether oxygens (including phenoxy) is 1. The first-order valence-electron chi connectivity index (χ1n) is 15.5. The fraction of sp³-hybridized carbons (Fsp3) is 0.967. The van der Waals surface area contributed by atoms with Gasteiger partial charge in [-0.1, -0.05) is 73.1 Å². The van der Waals surface area contributed by atoms with Crippen molar-refractivity contribution in [2.45, 2.75) is 154 Å². The van der Waals surface area contributed by atoms with Gasteiger partial charge in [0.25, 0.3) is 0 Å². The standard InChI is InChI=1S/C30H55NO5SSi/c1-28(2,3)38(6,7)35-21-27(32)36-26-20-23-18-19-30(26,29(23,4)5)22-37(33,34)31(24-14-10-8-11-15-24)25-16-12-9-13-17-25/h23-26H,8-22H2,1-7H3/t23-,26-,30-/m0/s1. The lowest BCUT2D eigenvalue weighted by molar-refractivity contribution is -0.159. The highest BCUT2D eigenvalue weighted by Gasteiger charge is 2.67. The van der Waals surface area contributed by atoms with E-state index in [9.17, 15) is 13.2 Å². The van der Waals surface area contributed by atoms with Crippen LogP contribution < -0.4 is 0 Å². The third-order valence-corrected chi connectivity index (χ3v) is 18.2. The van der Waals surface area contributed by atoms with Crippen LogP contribution in [-0.2, 0) is 24.0 Å². The molecule has 3 atom stereocenters. The predicted molar refractivity (Wildman–Crippen MR) is 156 cm³/mol. The van der Waals surface area contributed by atoms with E-state index in [1.165, 1.54) is 12.8 Å². The number of rotatable bonds is 9. The van der Waals surface area contributed by atoms with Crippen molar-refractivity contribution in [3.8, 4) is 0 Å². The molecule has 0 spiro atoms. The summed E-state index contributed by atoms with van der Waals surface area (Å²) in [5.74, 6) is 0.156. The van der Waals surface area contributed by atoms with Crippen LogP contribution in [0.2, 0.25) is 18.1 Å². The number of hydrogen-bond donors (Lipinski definition) is 0. The van der Waals surface area contributed by atoms with Crippen LogP contribution in [-0.4, -0.2) is 57.6 Å². The number of carbonyl (C=O) groups excluding carboxylic acids is 1. The summed E-state index contributed by atoms with van der Waals surface area (Å²) in [5.41, 5.74) is -0.721. The van der Waals surface area contributed by atoms with E-state index >= 15 is 0 Å². The third-order valence-electron chi connectivity index (χ3n) is 11.6. The molecule has 0 N–H and O–H groups in total. The van der Waals surface area contributed by atoms with Gasteiger partial charge >= 0.3 is 5.97 Å². The number of hydrogen-bond acceptors (Lipinski definition) is 5. The number of carbonyl (C=O) groups is 1. The summed E-state index contributed by atoms with van der Waals surface area (Å²) < 4.78 is 43.4. The zero-order chi connectivity index (χ0) is 28.0. The number of nitrogens with zero attached hydrogens (tertiary/aromatic N) is 1. The number of esters is 1. The van der Waals surface area contributed by atoms with Crippen LogP contribution >= 0.6 is 0 Å². The summed E-state index contributed by atoms with van der Waals surface area (Å²) in [6.07, 6.45) is 13.1. The van der Waals surface area contributed by atoms with Gasteiger partial charge in [-0.3, -0.25) is 0 Å². The molecule has 6 nitrogen and oxygen atoms in total. The Morgan fingerprint density at radius 3 is 1.92 bits per heavy atom. The molecule has 0 amide bonds. The van der Waals surface area contributed by atoms with E-state index in [0.717, 1.165) is 70.6 Å². The van der Waals surface area contributed by atoms with Gasteiger partial charge in [-0.05, 0) is 74.4 Å². The average molecular weight is 570 g/mol. The van der Waals surface area contributed by atoms with Crippen molar-refractivity contribution in [3.05, 3.63) is 0 Å². The molecule has 0 unspecified atom stereocenters. The fourth-order valence-corrected chi connectivity index (χ4v) is 11.7. The van der Waals surface area contributed by atoms with Crippen LogP contribution in [0.15, 0.2) is 0 Å². The summed E-state index contributed by atoms with van der Waals surface area (Å²) in [7, 11) is -5.61. The maximum atomic E-state index is 14.5. The molecule has 4 aliphatic carbocycles. The Labute approximate surface area is 234 Å². The van der Waals surface area contributed by atoms with Crippen LogP contribution in [0.3, 0.4) is 0 Å². The molecular formula is C30H55NO5SSi. The molecule has 0 aromatic carbocycles. The molecule has 220 valence electrons. The Hall–Kier alpha value is -0.443. The Kier molecular flexibility index (Phi) is 8.91. The maximum Gasteiger partial charge on any atom is 0.331 e. The van der Waals surface area contributed by atoms with E-state index in [2.05, 4.69) is 47.7 Å². The van der Waals surface area contributed by atoms with Gasteiger partial charge in [0.1, 0.15) is 12.7 Å². The Morgan fingerprint density at radius 1 is 0.921 bits per heavy atom. The summed E-state index contributed by atoms with van der Waals surface area (Å²) in [6.45, 7) is 15.2. The summed E-state index contributed by atoms with van der Waals surface area (Å²) >= 11 is 0. The molecule has 4 aliphatic rings. The molecule has 0 aliphatic heterocycles. The summed E-state index contributed by atoms with van der Waals surface area (Å²) in [4.78, 5) is 13.1. The second-order valence-corrected chi connectivity index (χ2v) is 21.7. The van der Waals surface area contributed by atoms with Crippen LogP contribution in [0, 0.1) is 16.7 Å². The van der Waals surface area contributed by atoms with Gasteiger partial charge in [-0.15, -0.1) is 0 Å². The van der Waals surface area contributed by atoms with Crippen molar-refractivity contribution in [2.75, 3.05) is 12.4 Å². The van der Waals surface area contributed by atoms with Crippen molar-refractivity contribution in [3.63, 3.8) is 0 Å². The van der Waals surface area contributed by atoms with Gasteiger partial charge in [0.15, 0.2) is 8.32 Å². The van der Waals surface area contributed by atoms with Crippen LogP contribution in [0.4, 0.5) is 0 Å². The molecule has 0 radical (unpaired) electrons. The van der Waals surface area contributed by atoms with E-state index < -0.39 is 23.8 Å². The monoisotopic (exact) mass is 569 g/mol. The summed E-state index contributed by atoms with van der Waals surface area (Å²) in [5, 5.41) is 0.0126. The summed E-state index contributed by atoms with van der Waals surface area (Å²) in [6, 6.07) is 0.267. The molecule has 0 aromatic heterocycles. The maximum absolute atomic E-state index is 14.5. The SMILES string of the molecule is CC1(C)[C@H]2CC[C@]1(CS(=O)(=O)N(C1CCCCC1)C1CCCCC1)[C@@H](OC(=O)CO[Si](C)(C)C(C)(C)C)C2. The van der Waals surface area contributed by atoms with E-state index in [4.69, 9.17) is 9.16 Å². The second-order valence-electron chi connectivity index (χ2n) is 15.0. The highest BCUT2D eigenvalue weighted by atomic mass is 32.2. The van der Waals surface area contributed by atoms with Crippen molar-refractivity contribution in [1.82, 2.24) is 4.31 Å². The van der Waals surface area contributed by atoms with Crippen molar-refractivity contribution < 1.29 is 22.4 Å². The molecule has 8 heteroatoms. The van der Waals surface area contributed by atoms with Gasteiger partial charge in [0.2, 0.25) is 10.0 Å². The Morgan fingerprint density at radius 2 is 1.45 bits per heavy atom. The molecule has 4 fully saturated rings. The van der Waals surface area contributed by atoms with E-state index in [1.807, 2.05) is 4.31 Å². The minimum absolute atomic E-state index is 0.0126. The normalized spacial score (nSPS) is 31.2. The minimum Gasteiger partial charge on any atom is -0.460 e. The molecule has 2 bridgehead atoms. The first-order chi connectivity index (χ1) is 17.6. The van der Waals surface area contributed by atoms with Crippen molar-refractivity contribution in [2.24, 2.45) is 16.7 Å². The third kappa shape index (κ3) is 5.80. The Balaban J connectivity index is 1.55. The molecular weight excluding hydrogens is 514 g/mol. The van der Waals surface area contributed by atoms with Crippen molar-refractivity contribution in [1.29, 1.82) is 0 Å². The molecule has 0 heterocycles. The molecule has 0 aromatic rings. The minimum atomic E-state index is -3.53. The van der Waals surface area contributed by atoms with Gasteiger partial charge in [0, 0.05) is 17.5 Å². The number of sulfonamides is 1. The molecule has 4 rings (SSSR count). The van der Waals surface area contributed by atoms with Gasteiger partial charge in [0.05, 0.1) is 5.75 Å². The molecule has 4 saturated carbocycles. The Bertz CT molecular complexity index is 928. The zero-order valence-corrected chi connectivity index (χ0v) is 27.1. The van der Waals surface area contributed by atoms with Gasteiger partial charge in [-0.25, -0.2) is 13.2 Å². The average Bonchev–Trinajstić information content (AvgIpc) is 3.18. The van der Waals surface area contributed by atoms with Crippen LogP contribution in [0.5, 0.6) is 0 Å². The van der Waals surface area contributed by atoms with Crippen molar-refractivity contribution >= 4 is 24.3 Å². The zero-order valence-electron chi connectivity index (χ0n) is 25.3. The van der Waals surface area contributed by atoms with Crippen LogP contribution in [0.1, 0.15) is 118 Å². The topological polar surface area (TPSA) is 72.9 Å². The fourth-order valence-electron chi connectivity index (χ4n) is 7.98. The highest BCUT2D eigenvalue weighted by molar-refractivity contribution is 7.89. The highest BCUT2D eigenvalue weighted by Crippen LogP contribution is 2.67. The predicted octanol–water partition coefficient (Wildman–Crippen LogP) is 7.04. The van der Waals surface area contributed by atoms with Gasteiger partial charge < -0.3 is 9.16 Å². The first-order valence-corrected chi connectivity index (χ1v) is 20.0. The molecule has 38 heavy (non-hydrogen) atoms. The largest absolute Gasteiger partial charge is 0.460 e. The quantitative estimate of drug-likeness (QED) is 0.220. The van der Waals surface area contributed by atoms with E-state index in [-0.39, 0.29) is 47.0 Å². The smallest absolute Gasteiger partial charge is 0.331 e. The molecule has 0 saturated heterocycles. The lowest BCUT2D eigenvalue weighted by Gasteiger charge is -2.46. The van der Waals surface area contributed by atoms with Crippen LogP contribution in [0.25, 0.3) is 0 Å².